The van der Waals surface area contributed by atoms with Gasteiger partial charge in [-0.3, -0.25) is 0 Å². The van der Waals surface area contributed by atoms with E-state index in [9.17, 15) is 5.11 Å². The molecule has 5 nitrogen and oxygen atoms in total. The molecular formula is C11H14ClN3O2. The number of nitrogen functional groups attached to an aromatic ring is 1. The highest BCUT2D eigenvalue weighted by Crippen LogP contribution is 2.52. The van der Waals surface area contributed by atoms with Crippen LogP contribution in [-0.4, -0.2) is 28.3 Å². The fraction of sp³-hybridized carbons (Fsp3) is 0.455. The third kappa shape index (κ3) is 2.50. The Hall–Kier alpha value is -1.33. The van der Waals surface area contributed by atoms with E-state index < -0.39 is 0 Å². The predicted octanol–water partition coefficient (Wildman–Crippen LogP) is 1.28. The molecule has 0 spiro atoms. The van der Waals surface area contributed by atoms with Crippen LogP contribution in [0.15, 0.2) is 18.7 Å². The van der Waals surface area contributed by atoms with Crippen LogP contribution in [0.3, 0.4) is 0 Å². The number of nitrogens with zero attached hydrogens (tertiary/aromatic N) is 2. The minimum absolute atomic E-state index is 0.0674. The molecule has 6 heteroatoms. The Balaban J connectivity index is 2.00. The summed E-state index contributed by atoms with van der Waals surface area (Å²) < 4.78 is 5.49. The molecule has 1 aliphatic carbocycles. The maximum Gasteiger partial charge on any atom is 0.224 e. The standard InChI is InChI=1S/C11H14ClN3O2/c1-2-7-4-11(7,5-16)6-17-9-3-8(12)14-10(13)15-9/h2-3,7,16H,1,4-6H2,(H2,13,14,15). The second kappa shape index (κ2) is 4.50. The van der Waals surface area contributed by atoms with Gasteiger partial charge < -0.3 is 15.6 Å². The summed E-state index contributed by atoms with van der Waals surface area (Å²) in [5.41, 5.74) is 5.22. The van der Waals surface area contributed by atoms with Gasteiger partial charge in [-0.05, 0) is 12.3 Å². The minimum atomic E-state index is -0.228. The molecule has 92 valence electrons. The van der Waals surface area contributed by atoms with Crippen molar-refractivity contribution in [2.45, 2.75) is 6.42 Å². The van der Waals surface area contributed by atoms with Gasteiger partial charge in [0.25, 0.3) is 0 Å². The number of aromatic nitrogens is 2. The summed E-state index contributed by atoms with van der Waals surface area (Å²) in [5.74, 6) is 0.689. The topological polar surface area (TPSA) is 81.3 Å². The van der Waals surface area contributed by atoms with Crippen LogP contribution in [0.25, 0.3) is 0 Å². The lowest BCUT2D eigenvalue weighted by Gasteiger charge is -2.14. The van der Waals surface area contributed by atoms with Crippen LogP contribution in [0.2, 0.25) is 5.15 Å². The predicted molar refractivity (Wildman–Crippen MR) is 64.8 cm³/mol. The van der Waals surface area contributed by atoms with Gasteiger partial charge in [0.15, 0.2) is 0 Å². The fourth-order valence-corrected chi connectivity index (χ4v) is 1.99. The number of aliphatic hydroxyl groups is 1. The zero-order valence-electron chi connectivity index (χ0n) is 9.27. The van der Waals surface area contributed by atoms with E-state index in [1.165, 1.54) is 6.07 Å². The average Bonchev–Trinajstić information content (AvgIpc) is 3.00. The molecule has 1 saturated carbocycles. The number of allylic oxidation sites excluding steroid dienone is 1. The maximum atomic E-state index is 9.33. The maximum absolute atomic E-state index is 9.33. The minimum Gasteiger partial charge on any atom is -0.477 e. The SMILES string of the molecule is C=CC1CC1(CO)COc1cc(Cl)nc(N)n1. The molecule has 0 saturated heterocycles. The van der Waals surface area contributed by atoms with Crippen LogP contribution in [0.4, 0.5) is 5.95 Å². The summed E-state index contributed by atoms with van der Waals surface area (Å²) in [7, 11) is 0. The number of halogens is 1. The molecule has 0 aromatic carbocycles. The van der Waals surface area contributed by atoms with Gasteiger partial charge in [0.2, 0.25) is 11.8 Å². The Kier molecular flexibility index (Phi) is 3.22. The first kappa shape index (κ1) is 12.1. The monoisotopic (exact) mass is 255 g/mol. The van der Waals surface area contributed by atoms with Crippen molar-refractivity contribution in [2.75, 3.05) is 18.9 Å². The molecule has 1 fully saturated rings. The van der Waals surface area contributed by atoms with Crippen LogP contribution >= 0.6 is 11.6 Å². The summed E-state index contributed by atoms with van der Waals surface area (Å²) in [4.78, 5) is 7.63. The number of nitrogens with two attached hydrogens (primary N) is 1. The van der Waals surface area contributed by atoms with Gasteiger partial charge in [0.1, 0.15) is 5.15 Å². The summed E-state index contributed by atoms with van der Waals surface area (Å²) in [6.07, 6.45) is 2.71. The van der Waals surface area contributed by atoms with Gasteiger partial charge in [-0.1, -0.05) is 17.7 Å². The smallest absolute Gasteiger partial charge is 0.224 e. The van der Waals surface area contributed by atoms with E-state index in [-0.39, 0.29) is 23.1 Å². The van der Waals surface area contributed by atoms with Crippen LogP contribution in [0.5, 0.6) is 5.88 Å². The first-order chi connectivity index (χ1) is 8.09. The summed E-state index contributed by atoms with van der Waals surface area (Å²) in [6, 6.07) is 1.49. The molecule has 2 rings (SSSR count). The van der Waals surface area contributed by atoms with E-state index in [2.05, 4.69) is 16.5 Å². The first-order valence-electron chi connectivity index (χ1n) is 5.26. The lowest BCUT2D eigenvalue weighted by Crippen LogP contribution is -2.20. The molecule has 1 heterocycles. The van der Waals surface area contributed by atoms with E-state index in [1.54, 1.807) is 0 Å². The molecule has 1 aromatic heterocycles. The van der Waals surface area contributed by atoms with Gasteiger partial charge >= 0.3 is 0 Å². The highest BCUT2D eigenvalue weighted by Gasteiger charge is 2.52. The van der Waals surface area contributed by atoms with E-state index >= 15 is 0 Å². The Morgan fingerprint density at radius 1 is 1.71 bits per heavy atom. The zero-order chi connectivity index (χ0) is 12.5. The molecule has 17 heavy (non-hydrogen) atoms. The molecule has 1 aliphatic rings. The van der Waals surface area contributed by atoms with Crippen LogP contribution in [0.1, 0.15) is 6.42 Å². The van der Waals surface area contributed by atoms with E-state index in [4.69, 9.17) is 22.1 Å². The van der Waals surface area contributed by atoms with Crippen molar-refractivity contribution in [2.24, 2.45) is 11.3 Å². The van der Waals surface area contributed by atoms with E-state index in [0.717, 1.165) is 6.42 Å². The molecule has 0 bridgehead atoms. The van der Waals surface area contributed by atoms with Crippen LogP contribution < -0.4 is 10.5 Å². The quantitative estimate of drug-likeness (QED) is 0.612. The summed E-state index contributed by atoms with van der Waals surface area (Å²) >= 11 is 5.73. The van der Waals surface area contributed by atoms with Crippen LogP contribution in [0, 0.1) is 11.3 Å². The Morgan fingerprint density at radius 2 is 2.47 bits per heavy atom. The number of rotatable bonds is 5. The molecule has 1 aromatic rings. The molecular weight excluding hydrogens is 242 g/mol. The fourth-order valence-electron chi connectivity index (χ4n) is 1.81. The molecule has 0 amide bonds. The van der Waals surface area contributed by atoms with Gasteiger partial charge in [-0.25, -0.2) is 4.98 Å². The number of anilines is 1. The van der Waals surface area contributed by atoms with Crippen molar-refractivity contribution in [3.63, 3.8) is 0 Å². The van der Waals surface area contributed by atoms with Gasteiger partial charge in [-0.2, -0.15) is 4.98 Å². The summed E-state index contributed by atoms with van der Waals surface area (Å²) in [5, 5.41) is 9.57. The van der Waals surface area contributed by atoms with Crippen molar-refractivity contribution in [3.8, 4) is 5.88 Å². The van der Waals surface area contributed by atoms with Crippen molar-refractivity contribution in [1.29, 1.82) is 0 Å². The van der Waals surface area contributed by atoms with Crippen molar-refractivity contribution in [1.82, 2.24) is 9.97 Å². The van der Waals surface area contributed by atoms with Gasteiger partial charge in [-0.15, -0.1) is 6.58 Å². The van der Waals surface area contributed by atoms with Crippen LogP contribution in [-0.2, 0) is 0 Å². The van der Waals surface area contributed by atoms with Gasteiger partial charge in [0, 0.05) is 11.5 Å². The number of aliphatic hydroxyl groups excluding tert-OH is 1. The Morgan fingerprint density at radius 3 is 3.00 bits per heavy atom. The highest BCUT2D eigenvalue weighted by atomic mass is 35.5. The Bertz CT molecular complexity index is 420. The number of hydrogen-bond acceptors (Lipinski definition) is 5. The lowest BCUT2D eigenvalue weighted by molar-refractivity contribution is 0.136. The summed E-state index contributed by atoms with van der Waals surface area (Å²) in [6.45, 7) is 4.15. The molecule has 0 aliphatic heterocycles. The van der Waals surface area contributed by atoms with Crippen molar-refractivity contribution < 1.29 is 9.84 Å². The molecule has 2 atom stereocenters. The van der Waals surface area contributed by atoms with E-state index in [1.807, 2.05) is 6.08 Å². The molecule has 2 unspecified atom stereocenters. The second-order valence-electron chi connectivity index (χ2n) is 4.24. The molecule has 3 N–H and O–H groups in total. The largest absolute Gasteiger partial charge is 0.477 e. The van der Waals surface area contributed by atoms with Gasteiger partial charge in [0.05, 0.1) is 13.2 Å². The lowest BCUT2D eigenvalue weighted by atomic mass is 10.1. The average molecular weight is 256 g/mol. The van der Waals surface area contributed by atoms with E-state index in [0.29, 0.717) is 18.4 Å². The third-order valence-electron chi connectivity index (χ3n) is 3.05. The normalized spacial score (nSPS) is 26.6. The zero-order valence-corrected chi connectivity index (χ0v) is 10.0. The molecule has 0 radical (unpaired) electrons. The highest BCUT2D eigenvalue weighted by molar-refractivity contribution is 6.29. The number of hydrogen-bond donors (Lipinski definition) is 2. The van der Waals surface area contributed by atoms with Crippen molar-refractivity contribution >= 4 is 17.5 Å². The van der Waals surface area contributed by atoms with Crippen molar-refractivity contribution in [3.05, 3.63) is 23.9 Å². The number of ether oxygens (including phenoxy) is 1. The Labute approximate surface area is 104 Å². The first-order valence-corrected chi connectivity index (χ1v) is 5.64. The second-order valence-corrected chi connectivity index (χ2v) is 4.63. The third-order valence-corrected chi connectivity index (χ3v) is 3.24.